The predicted molar refractivity (Wildman–Crippen MR) is 104 cm³/mol. The molecule has 25 heavy (non-hydrogen) atoms. The summed E-state index contributed by atoms with van der Waals surface area (Å²) in [7, 11) is -1.75. The molecule has 10 heteroatoms. The number of nitrogens with one attached hydrogen (secondary N) is 3. The Kier molecular flexibility index (Phi) is 7.36. The summed E-state index contributed by atoms with van der Waals surface area (Å²) >= 11 is 2.81. The molecule has 3 N–H and O–H groups in total. The summed E-state index contributed by atoms with van der Waals surface area (Å²) in [5.41, 5.74) is 1.09. The third-order valence-electron chi connectivity index (χ3n) is 3.26. The molecule has 0 amide bonds. The fourth-order valence-electron chi connectivity index (χ4n) is 1.91. The van der Waals surface area contributed by atoms with E-state index >= 15 is 0 Å². The summed E-state index contributed by atoms with van der Waals surface area (Å²) in [4.78, 5) is 8.68. The third-order valence-corrected chi connectivity index (χ3v) is 6.99. The van der Waals surface area contributed by atoms with Crippen molar-refractivity contribution in [1.29, 1.82) is 0 Å². The molecule has 7 nitrogen and oxygen atoms in total. The lowest BCUT2D eigenvalue weighted by molar-refractivity contribution is 0.582. The van der Waals surface area contributed by atoms with Gasteiger partial charge >= 0.3 is 0 Å². The monoisotopic (exact) mass is 401 g/mol. The molecule has 0 aliphatic heterocycles. The van der Waals surface area contributed by atoms with Crippen molar-refractivity contribution in [3.63, 3.8) is 0 Å². The molecular formula is C15H23N5O2S3. The number of guanidine groups is 1. The maximum atomic E-state index is 12.0. The Bertz CT molecular complexity index is 782. The van der Waals surface area contributed by atoms with E-state index in [2.05, 4.69) is 44.6 Å². The van der Waals surface area contributed by atoms with Gasteiger partial charge < -0.3 is 10.6 Å². The van der Waals surface area contributed by atoms with Gasteiger partial charge in [0.1, 0.15) is 9.22 Å². The quantitative estimate of drug-likeness (QED) is 0.357. The van der Waals surface area contributed by atoms with Crippen molar-refractivity contribution in [1.82, 2.24) is 20.3 Å². The summed E-state index contributed by atoms with van der Waals surface area (Å²) in [5, 5.41) is 11.0. The molecule has 0 aromatic carbocycles. The van der Waals surface area contributed by atoms with E-state index in [1.54, 1.807) is 35.9 Å². The molecule has 0 saturated heterocycles. The highest BCUT2D eigenvalue weighted by atomic mass is 32.2. The maximum Gasteiger partial charge on any atom is 0.250 e. The van der Waals surface area contributed by atoms with Gasteiger partial charge in [-0.1, -0.05) is 19.9 Å². The first-order valence-electron chi connectivity index (χ1n) is 7.84. The highest BCUT2D eigenvalue weighted by Gasteiger charge is 2.13. The molecule has 2 aromatic heterocycles. The van der Waals surface area contributed by atoms with Gasteiger partial charge in [0, 0.05) is 25.5 Å². The predicted octanol–water partition coefficient (Wildman–Crippen LogP) is 1.97. The largest absolute Gasteiger partial charge is 0.355 e. The molecule has 0 atom stereocenters. The Morgan fingerprint density at radius 1 is 1.28 bits per heavy atom. The van der Waals surface area contributed by atoms with E-state index in [1.165, 1.54) is 11.3 Å². The highest BCUT2D eigenvalue weighted by Crippen LogP contribution is 2.17. The second-order valence-corrected chi connectivity index (χ2v) is 9.39. The number of thiophene rings is 1. The van der Waals surface area contributed by atoms with Gasteiger partial charge in [-0.2, -0.15) is 0 Å². The van der Waals surface area contributed by atoms with Gasteiger partial charge in [-0.3, -0.25) is 4.99 Å². The Morgan fingerprint density at radius 2 is 2.08 bits per heavy atom. The van der Waals surface area contributed by atoms with E-state index < -0.39 is 10.0 Å². The van der Waals surface area contributed by atoms with Crippen molar-refractivity contribution in [2.45, 2.75) is 30.5 Å². The van der Waals surface area contributed by atoms with Crippen LogP contribution in [0.2, 0.25) is 0 Å². The summed E-state index contributed by atoms with van der Waals surface area (Å²) in [6.07, 6.45) is 0. The minimum atomic E-state index is -3.42. The number of thiazole rings is 1. The zero-order valence-electron chi connectivity index (χ0n) is 14.4. The number of hydrogen-bond donors (Lipinski definition) is 3. The molecule has 0 radical (unpaired) electrons. The summed E-state index contributed by atoms with van der Waals surface area (Å²) < 4.78 is 26.9. The van der Waals surface area contributed by atoms with E-state index in [0.717, 1.165) is 10.7 Å². The van der Waals surface area contributed by atoms with E-state index in [0.29, 0.717) is 29.2 Å². The normalized spacial score (nSPS) is 12.6. The van der Waals surface area contributed by atoms with E-state index in [-0.39, 0.29) is 6.54 Å². The van der Waals surface area contributed by atoms with Crippen LogP contribution in [0.3, 0.4) is 0 Å². The van der Waals surface area contributed by atoms with Gasteiger partial charge in [0.25, 0.3) is 0 Å². The second kappa shape index (κ2) is 9.27. The SMILES string of the molecule is CN=C(NCCNS(=O)(=O)c1cccs1)NCc1nc(C(C)C)cs1. The number of aliphatic imine (C=N–C) groups is 1. The lowest BCUT2D eigenvalue weighted by atomic mass is 10.2. The van der Waals surface area contributed by atoms with Gasteiger partial charge in [-0.25, -0.2) is 18.1 Å². The van der Waals surface area contributed by atoms with Gasteiger partial charge in [-0.05, 0) is 17.4 Å². The Labute approximate surface area is 156 Å². The fourth-order valence-corrected chi connectivity index (χ4v) is 4.87. The molecule has 0 fully saturated rings. The van der Waals surface area contributed by atoms with Crippen molar-refractivity contribution < 1.29 is 8.42 Å². The van der Waals surface area contributed by atoms with Crippen LogP contribution in [0.15, 0.2) is 32.1 Å². The van der Waals surface area contributed by atoms with Crippen LogP contribution in [-0.4, -0.2) is 39.5 Å². The number of sulfonamides is 1. The lowest BCUT2D eigenvalue weighted by Crippen LogP contribution is -2.41. The van der Waals surface area contributed by atoms with Crippen LogP contribution >= 0.6 is 22.7 Å². The summed E-state index contributed by atoms with van der Waals surface area (Å²) in [5.74, 6) is 1.02. The van der Waals surface area contributed by atoms with E-state index in [9.17, 15) is 8.42 Å². The number of aromatic nitrogens is 1. The highest BCUT2D eigenvalue weighted by molar-refractivity contribution is 7.91. The van der Waals surface area contributed by atoms with Crippen molar-refractivity contribution >= 4 is 38.7 Å². The minimum Gasteiger partial charge on any atom is -0.355 e. The topological polar surface area (TPSA) is 95.5 Å². The number of hydrogen-bond acceptors (Lipinski definition) is 6. The van der Waals surface area contributed by atoms with Gasteiger partial charge in [0.05, 0.1) is 12.2 Å². The van der Waals surface area contributed by atoms with Crippen LogP contribution < -0.4 is 15.4 Å². The summed E-state index contributed by atoms with van der Waals surface area (Å²) in [6.45, 7) is 5.51. The van der Waals surface area contributed by atoms with E-state index in [4.69, 9.17) is 0 Å². The van der Waals surface area contributed by atoms with Crippen LogP contribution in [0.25, 0.3) is 0 Å². The average molecular weight is 402 g/mol. The van der Waals surface area contributed by atoms with E-state index in [1.807, 2.05) is 0 Å². The van der Waals surface area contributed by atoms with Crippen molar-refractivity contribution in [2.75, 3.05) is 20.1 Å². The molecule has 2 heterocycles. The molecule has 2 rings (SSSR count). The first-order valence-corrected chi connectivity index (χ1v) is 11.1. The summed E-state index contributed by atoms with van der Waals surface area (Å²) in [6, 6.07) is 3.30. The molecule has 2 aromatic rings. The minimum absolute atomic E-state index is 0.273. The van der Waals surface area contributed by atoms with Crippen LogP contribution in [0.1, 0.15) is 30.5 Å². The van der Waals surface area contributed by atoms with Crippen LogP contribution in [0.4, 0.5) is 0 Å². The average Bonchev–Trinajstić information content (AvgIpc) is 3.26. The molecule has 0 unspecified atom stereocenters. The van der Waals surface area contributed by atoms with Crippen molar-refractivity contribution in [3.05, 3.63) is 33.6 Å². The number of nitrogens with zero attached hydrogens (tertiary/aromatic N) is 2. The molecule has 0 saturated carbocycles. The Hall–Kier alpha value is -1.49. The smallest absolute Gasteiger partial charge is 0.250 e. The van der Waals surface area contributed by atoms with Crippen LogP contribution in [-0.2, 0) is 16.6 Å². The standard InChI is InChI=1S/C15H23N5O2S3/c1-11(2)12-10-24-13(20-12)9-18-15(16-3)17-6-7-19-25(21,22)14-5-4-8-23-14/h4-5,8,10-11,19H,6-7,9H2,1-3H3,(H2,16,17,18). The van der Waals surface area contributed by atoms with Crippen LogP contribution in [0.5, 0.6) is 0 Å². The Balaban J connectivity index is 1.73. The fraction of sp³-hybridized carbons (Fsp3) is 0.467. The first kappa shape index (κ1) is 19.8. The zero-order chi connectivity index (χ0) is 18.3. The maximum absolute atomic E-state index is 12.0. The molecule has 0 aliphatic carbocycles. The van der Waals surface area contributed by atoms with Crippen molar-refractivity contribution in [3.8, 4) is 0 Å². The Morgan fingerprint density at radius 3 is 2.68 bits per heavy atom. The molecule has 138 valence electrons. The molecule has 0 bridgehead atoms. The van der Waals surface area contributed by atoms with Crippen molar-refractivity contribution in [2.24, 2.45) is 4.99 Å². The first-order chi connectivity index (χ1) is 11.9. The van der Waals surface area contributed by atoms with Gasteiger partial charge in [0.2, 0.25) is 10.0 Å². The van der Waals surface area contributed by atoms with Gasteiger partial charge in [-0.15, -0.1) is 22.7 Å². The second-order valence-electron chi connectivity index (χ2n) is 5.50. The van der Waals surface area contributed by atoms with Gasteiger partial charge in [0.15, 0.2) is 5.96 Å². The van der Waals surface area contributed by atoms with Crippen LogP contribution in [0, 0.1) is 0 Å². The molecular weight excluding hydrogens is 378 g/mol. The number of rotatable bonds is 8. The zero-order valence-corrected chi connectivity index (χ0v) is 16.9. The molecule has 0 spiro atoms. The molecule has 0 aliphatic rings. The third kappa shape index (κ3) is 6.07. The lowest BCUT2D eigenvalue weighted by Gasteiger charge is -2.11.